The normalized spacial score (nSPS) is 15.1. The van der Waals surface area contributed by atoms with E-state index in [1.807, 2.05) is 20.8 Å². The van der Waals surface area contributed by atoms with Crippen LogP contribution >= 0.6 is 21.6 Å². The molecule has 0 radical (unpaired) electrons. The smallest absolute Gasteiger partial charge is 0.146 e. The van der Waals surface area contributed by atoms with Crippen molar-refractivity contribution in [2.75, 3.05) is 0 Å². The van der Waals surface area contributed by atoms with Crippen molar-refractivity contribution in [2.45, 2.75) is 44.6 Å². The highest BCUT2D eigenvalue weighted by molar-refractivity contribution is 8.77. The fraction of sp³-hybridized carbons (Fsp3) is 0.778. The number of carbonyl (C=O) groups is 2. The van der Waals surface area contributed by atoms with Gasteiger partial charge in [-0.25, -0.2) is 0 Å². The molecular formula is C9H16O2S2. The van der Waals surface area contributed by atoms with E-state index in [-0.39, 0.29) is 22.1 Å². The Balaban J connectivity index is 3.76. The van der Waals surface area contributed by atoms with Gasteiger partial charge >= 0.3 is 0 Å². The number of Topliss-reactive ketones (excluding diaryl/α,β-unsaturated/α-hetero) is 2. The van der Waals surface area contributed by atoms with Crippen LogP contribution in [0.4, 0.5) is 0 Å². The highest BCUT2D eigenvalue weighted by Gasteiger charge is 2.15. The van der Waals surface area contributed by atoms with Gasteiger partial charge in [-0.05, 0) is 20.8 Å². The fourth-order valence-electron chi connectivity index (χ4n) is 0.576. The maximum atomic E-state index is 11.2. The van der Waals surface area contributed by atoms with E-state index in [1.165, 1.54) is 21.6 Å². The Labute approximate surface area is 87.6 Å². The zero-order valence-corrected chi connectivity index (χ0v) is 10.1. The average Bonchev–Trinajstić information content (AvgIpc) is 2.11. The minimum atomic E-state index is -0.0166. The molecule has 0 amide bonds. The molecule has 0 aromatic heterocycles. The molecule has 0 rings (SSSR count). The van der Waals surface area contributed by atoms with E-state index in [0.29, 0.717) is 6.42 Å². The van der Waals surface area contributed by atoms with Crippen LogP contribution in [-0.4, -0.2) is 22.1 Å². The molecule has 0 saturated heterocycles. The van der Waals surface area contributed by atoms with Gasteiger partial charge in [-0.3, -0.25) is 9.59 Å². The van der Waals surface area contributed by atoms with Crippen LogP contribution in [-0.2, 0) is 9.59 Å². The molecule has 2 unspecified atom stereocenters. The highest BCUT2D eigenvalue weighted by Crippen LogP contribution is 2.31. The largest absolute Gasteiger partial charge is 0.299 e. The van der Waals surface area contributed by atoms with Crippen LogP contribution in [0.1, 0.15) is 34.1 Å². The molecule has 0 aliphatic rings. The van der Waals surface area contributed by atoms with E-state index in [4.69, 9.17) is 0 Å². The van der Waals surface area contributed by atoms with Crippen molar-refractivity contribution in [1.82, 2.24) is 0 Å². The standard InChI is InChI=1S/C9H16O2S2/c1-5-9(11)8(4)13-12-7(3)6(2)10/h7-8H,5H2,1-4H3. The first-order valence-electron chi connectivity index (χ1n) is 4.34. The van der Waals surface area contributed by atoms with Gasteiger partial charge in [0.2, 0.25) is 0 Å². The molecule has 13 heavy (non-hydrogen) atoms. The first-order chi connectivity index (χ1) is 5.99. The van der Waals surface area contributed by atoms with Crippen molar-refractivity contribution >= 4 is 33.2 Å². The summed E-state index contributed by atoms with van der Waals surface area (Å²) in [5.41, 5.74) is 0. The van der Waals surface area contributed by atoms with Crippen molar-refractivity contribution in [3.8, 4) is 0 Å². The molecule has 0 heterocycles. The summed E-state index contributed by atoms with van der Waals surface area (Å²) >= 11 is 0. The highest BCUT2D eigenvalue weighted by atomic mass is 33.1. The second-order valence-corrected chi connectivity index (χ2v) is 5.86. The zero-order chi connectivity index (χ0) is 10.4. The monoisotopic (exact) mass is 220 g/mol. The van der Waals surface area contributed by atoms with Gasteiger partial charge in [-0.15, -0.1) is 0 Å². The van der Waals surface area contributed by atoms with Gasteiger partial charge in [0.15, 0.2) is 0 Å². The molecule has 0 saturated carbocycles. The van der Waals surface area contributed by atoms with Crippen molar-refractivity contribution in [3.63, 3.8) is 0 Å². The summed E-state index contributed by atoms with van der Waals surface area (Å²) in [5, 5.41) is -0.0195. The molecule has 0 fully saturated rings. The number of hydrogen-bond donors (Lipinski definition) is 0. The lowest BCUT2D eigenvalue weighted by Gasteiger charge is -2.10. The third-order valence-corrected chi connectivity index (χ3v) is 5.07. The number of hydrogen-bond acceptors (Lipinski definition) is 4. The molecule has 0 spiro atoms. The third-order valence-electron chi connectivity index (χ3n) is 1.72. The number of ketones is 2. The van der Waals surface area contributed by atoms with E-state index < -0.39 is 0 Å². The summed E-state index contributed by atoms with van der Waals surface area (Å²) in [4.78, 5) is 22.1. The van der Waals surface area contributed by atoms with E-state index in [9.17, 15) is 9.59 Å². The van der Waals surface area contributed by atoms with Gasteiger partial charge in [0, 0.05) is 6.42 Å². The molecule has 4 heteroatoms. The molecule has 0 aliphatic heterocycles. The second-order valence-electron chi connectivity index (χ2n) is 2.91. The van der Waals surface area contributed by atoms with E-state index >= 15 is 0 Å². The van der Waals surface area contributed by atoms with Crippen molar-refractivity contribution < 1.29 is 9.59 Å². The van der Waals surface area contributed by atoms with E-state index in [0.717, 1.165) is 0 Å². The lowest BCUT2D eigenvalue weighted by atomic mass is 10.2. The summed E-state index contributed by atoms with van der Waals surface area (Å²) in [6, 6.07) is 0. The molecule has 0 aromatic carbocycles. The Morgan fingerprint density at radius 3 is 2.00 bits per heavy atom. The predicted molar refractivity (Wildman–Crippen MR) is 60.1 cm³/mol. The van der Waals surface area contributed by atoms with Crippen molar-refractivity contribution in [2.24, 2.45) is 0 Å². The summed E-state index contributed by atoms with van der Waals surface area (Å²) in [6.45, 7) is 7.18. The van der Waals surface area contributed by atoms with Gasteiger partial charge in [0.25, 0.3) is 0 Å². The van der Waals surface area contributed by atoms with Gasteiger partial charge in [0.05, 0.1) is 10.5 Å². The maximum absolute atomic E-state index is 11.2. The van der Waals surface area contributed by atoms with Crippen LogP contribution in [0.5, 0.6) is 0 Å². The first kappa shape index (κ1) is 13.0. The Kier molecular flexibility index (Phi) is 6.51. The maximum Gasteiger partial charge on any atom is 0.146 e. The second kappa shape index (κ2) is 6.49. The Bertz CT molecular complexity index is 192. The number of carbonyl (C=O) groups excluding carboxylic acids is 2. The van der Waals surface area contributed by atoms with E-state index in [1.54, 1.807) is 6.92 Å². The van der Waals surface area contributed by atoms with Crippen LogP contribution in [0.3, 0.4) is 0 Å². The van der Waals surface area contributed by atoms with Crippen LogP contribution < -0.4 is 0 Å². The lowest BCUT2D eigenvalue weighted by molar-refractivity contribution is -0.118. The Hall–Kier alpha value is 0.0400. The van der Waals surface area contributed by atoms with Gasteiger partial charge < -0.3 is 0 Å². The summed E-state index contributed by atoms with van der Waals surface area (Å²) in [7, 11) is 2.97. The lowest BCUT2D eigenvalue weighted by Crippen LogP contribution is -2.12. The molecule has 0 N–H and O–H groups in total. The number of rotatable bonds is 6. The summed E-state index contributed by atoms with van der Waals surface area (Å²) in [5.74, 6) is 0.405. The quantitative estimate of drug-likeness (QED) is 0.645. The molecule has 0 aliphatic carbocycles. The topological polar surface area (TPSA) is 34.1 Å². The van der Waals surface area contributed by atoms with Crippen LogP contribution in [0, 0.1) is 0 Å². The molecule has 76 valence electrons. The predicted octanol–water partition coefficient (Wildman–Crippen LogP) is 2.71. The van der Waals surface area contributed by atoms with Gasteiger partial charge in [-0.1, -0.05) is 28.5 Å². The van der Waals surface area contributed by atoms with Crippen LogP contribution in [0.2, 0.25) is 0 Å². The molecule has 2 atom stereocenters. The summed E-state index contributed by atoms with van der Waals surface area (Å²) < 4.78 is 0. The minimum absolute atomic E-state index is 0.00296. The third kappa shape index (κ3) is 5.37. The van der Waals surface area contributed by atoms with Crippen molar-refractivity contribution in [1.29, 1.82) is 0 Å². The van der Waals surface area contributed by atoms with E-state index in [2.05, 4.69) is 0 Å². The Morgan fingerprint density at radius 1 is 1.15 bits per heavy atom. The van der Waals surface area contributed by atoms with Crippen molar-refractivity contribution in [3.05, 3.63) is 0 Å². The summed E-state index contributed by atoms with van der Waals surface area (Å²) in [6.07, 6.45) is 0.573. The SMILES string of the molecule is CCC(=O)C(C)SSC(C)C(C)=O. The van der Waals surface area contributed by atoms with Crippen LogP contribution in [0.25, 0.3) is 0 Å². The van der Waals surface area contributed by atoms with Gasteiger partial charge in [0.1, 0.15) is 11.6 Å². The van der Waals surface area contributed by atoms with Gasteiger partial charge in [-0.2, -0.15) is 0 Å². The molecule has 0 aromatic rings. The minimum Gasteiger partial charge on any atom is -0.299 e. The Morgan fingerprint density at radius 2 is 1.62 bits per heavy atom. The fourth-order valence-corrected chi connectivity index (χ4v) is 3.05. The zero-order valence-electron chi connectivity index (χ0n) is 8.49. The first-order valence-corrected chi connectivity index (χ1v) is 6.62. The average molecular weight is 220 g/mol. The molecule has 0 bridgehead atoms. The van der Waals surface area contributed by atoms with Crippen LogP contribution in [0.15, 0.2) is 0 Å². The molecular weight excluding hydrogens is 204 g/mol. The molecule has 2 nitrogen and oxygen atoms in total.